The Kier molecular flexibility index (Phi) is 5.58. The van der Waals surface area contributed by atoms with Crippen molar-refractivity contribution in [3.8, 4) is 12.3 Å². The van der Waals surface area contributed by atoms with E-state index in [1.54, 1.807) is 17.1 Å². The van der Waals surface area contributed by atoms with Crippen molar-refractivity contribution in [3.05, 3.63) is 35.4 Å². The Labute approximate surface area is 136 Å². The molecular weight excluding hydrogens is 290 g/mol. The number of carbonyl (C=O) groups is 1. The highest BCUT2D eigenvalue weighted by Crippen LogP contribution is 2.19. The van der Waals surface area contributed by atoms with E-state index < -0.39 is 0 Å². The van der Waals surface area contributed by atoms with Crippen LogP contribution in [0, 0.1) is 19.3 Å². The lowest BCUT2D eigenvalue weighted by Gasteiger charge is -2.15. The Morgan fingerprint density at radius 2 is 2.09 bits per heavy atom. The average Bonchev–Trinajstić information content (AvgIpc) is 3.14. The van der Waals surface area contributed by atoms with Gasteiger partial charge in [0.2, 0.25) is 0 Å². The third-order valence-electron chi connectivity index (χ3n) is 3.97. The molecule has 0 aromatic carbocycles. The molecule has 2 aromatic heterocycles. The summed E-state index contributed by atoms with van der Waals surface area (Å²) in [5.74, 6) is 2.40. The third-order valence-corrected chi connectivity index (χ3v) is 3.97. The fourth-order valence-corrected chi connectivity index (χ4v) is 2.60. The number of hydrogen-bond acceptors (Lipinski definition) is 3. The van der Waals surface area contributed by atoms with Crippen molar-refractivity contribution < 1.29 is 4.79 Å². The molecule has 2 aromatic rings. The van der Waals surface area contributed by atoms with E-state index in [4.69, 9.17) is 6.42 Å². The highest BCUT2D eigenvalue weighted by Gasteiger charge is 2.17. The van der Waals surface area contributed by atoms with Gasteiger partial charge in [-0.2, -0.15) is 10.2 Å². The molecule has 0 bridgehead atoms. The Balaban J connectivity index is 2.02. The van der Waals surface area contributed by atoms with Crippen LogP contribution in [-0.2, 0) is 13.1 Å². The predicted octanol–water partition coefficient (Wildman–Crippen LogP) is 2.31. The number of hydrogen-bond donors (Lipinski definition) is 1. The molecule has 0 saturated carbocycles. The summed E-state index contributed by atoms with van der Waals surface area (Å²) >= 11 is 0. The van der Waals surface area contributed by atoms with Gasteiger partial charge in [-0.05, 0) is 19.8 Å². The number of nitrogens with zero attached hydrogens (tertiary/aromatic N) is 4. The summed E-state index contributed by atoms with van der Waals surface area (Å²) in [7, 11) is 0. The third kappa shape index (κ3) is 3.81. The summed E-state index contributed by atoms with van der Waals surface area (Å²) in [6.07, 6.45) is 12.4. The van der Waals surface area contributed by atoms with Gasteiger partial charge in [0.05, 0.1) is 24.0 Å². The maximum Gasteiger partial charge on any atom is 0.255 e. The van der Waals surface area contributed by atoms with Gasteiger partial charge in [0.1, 0.15) is 6.54 Å². The first-order valence-corrected chi connectivity index (χ1v) is 7.87. The topological polar surface area (TPSA) is 64.7 Å². The number of terminal acetylenes is 1. The molecular formula is C17H23N5O. The van der Waals surface area contributed by atoms with E-state index in [0.717, 1.165) is 24.1 Å². The van der Waals surface area contributed by atoms with Crippen molar-refractivity contribution in [1.29, 1.82) is 0 Å². The first-order chi connectivity index (χ1) is 11.1. The van der Waals surface area contributed by atoms with E-state index in [0.29, 0.717) is 24.7 Å². The first-order valence-electron chi connectivity index (χ1n) is 7.87. The minimum Gasteiger partial charge on any atom is -0.348 e. The molecule has 122 valence electrons. The molecule has 0 atom stereocenters. The van der Waals surface area contributed by atoms with Gasteiger partial charge in [0.15, 0.2) is 0 Å². The van der Waals surface area contributed by atoms with Gasteiger partial charge in [-0.3, -0.25) is 14.2 Å². The monoisotopic (exact) mass is 313 g/mol. The van der Waals surface area contributed by atoms with Crippen LogP contribution in [0.3, 0.4) is 0 Å². The van der Waals surface area contributed by atoms with Gasteiger partial charge < -0.3 is 5.32 Å². The van der Waals surface area contributed by atoms with E-state index in [1.165, 1.54) is 0 Å². The summed E-state index contributed by atoms with van der Waals surface area (Å²) < 4.78 is 3.61. The number of nitrogens with one attached hydrogen (secondary N) is 1. The van der Waals surface area contributed by atoms with Crippen LogP contribution in [0.1, 0.15) is 54.3 Å². The number of carbonyl (C=O) groups excluding carboxylic acids is 1. The molecule has 0 spiro atoms. The van der Waals surface area contributed by atoms with Gasteiger partial charge in [0.25, 0.3) is 5.91 Å². The van der Waals surface area contributed by atoms with Crippen molar-refractivity contribution in [1.82, 2.24) is 24.9 Å². The first kappa shape index (κ1) is 16.8. The second-order valence-corrected chi connectivity index (χ2v) is 5.49. The highest BCUT2D eigenvalue weighted by atomic mass is 16.1. The number of aromatic nitrogens is 4. The van der Waals surface area contributed by atoms with Gasteiger partial charge in [-0.25, -0.2) is 0 Å². The molecule has 1 N–H and O–H groups in total. The number of amides is 1. The standard InChI is InChI=1S/C17H23N5O/c1-5-8-21-12-14(10-19-21)9-18-17(23)16-11-20-22(13(16)4)15(6-2)7-3/h1,10-12,15H,6-9H2,2-4H3,(H,18,23). The molecule has 6 nitrogen and oxygen atoms in total. The molecule has 2 heterocycles. The lowest BCUT2D eigenvalue weighted by atomic mass is 10.1. The molecule has 0 aliphatic rings. The molecule has 0 fully saturated rings. The minimum atomic E-state index is -0.121. The van der Waals surface area contributed by atoms with E-state index in [1.807, 2.05) is 17.8 Å². The van der Waals surface area contributed by atoms with Crippen molar-refractivity contribution in [2.75, 3.05) is 0 Å². The zero-order valence-corrected chi connectivity index (χ0v) is 13.9. The summed E-state index contributed by atoms with van der Waals surface area (Å²) in [4.78, 5) is 12.4. The average molecular weight is 313 g/mol. The largest absolute Gasteiger partial charge is 0.348 e. The van der Waals surface area contributed by atoms with Crippen LogP contribution in [0.2, 0.25) is 0 Å². The van der Waals surface area contributed by atoms with Crippen molar-refractivity contribution >= 4 is 5.91 Å². The Hall–Kier alpha value is -2.55. The number of rotatable bonds is 7. The van der Waals surface area contributed by atoms with E-state index >= 15 is 0 Å². The smallest absolute Gasteiger partial charge is 0.255 e. The van der Waals surface area contributed by atoms with Crippen molar-refractivity contribution in [3.63, 3.8) is 0 Å². The maximum absolute atomic E-state index is 12.4. The molecule has 0 aliphatic heterocycles. The lowest BCUT2D eigenvalue weighted by Crippen LogP contribution is -2.23. The Morgan fingerprint density at radius 3 is 2.74 bits per heavy atom. The maximum atomic E-state index is 12.4. The fraction of sp³-hybridized carbons (Fsp3) is 0.471. The fourth-order valence-electron chi connectivity index (χ4n) is 2.60. The van der Waals surface area contributed by atoms with Crippen LogP contribution in [0.25, 0.3) is 0 Å². The van der Waals surface area contributed by atoms with Gasteiger partial charge in [-0.15, -0.1) is 6.42 Å². The zero-order chi connectivity index (χ0) is 16.8. The summed E-state index contributed by atoms with van der Waals surface area (Å²) in [5.41, 5.74) is 2.44. The molecule has 1 amide bonds. The second kappa shape index (κ2) is 7.63. The van der Waals surface area contributed by atoms with Gasteiger partial charge >= 0.3 is 0 Å². The molecule has 0 unspecified atom stereocenters. The van der Waals surface area contributed by atoms with Crippen LogP contribution in [0.15, 0.2) is 18.6 Å². The Bertz CT molecular complexity index is 703. The minimum absolute atomic E-state index is 0.121. The highest BCUT2D eigenvalue weighted by molar-refractivity contribution is 5.94. The molecule has 6 heteroatoms. The summed E-state index contributed by atoms with van der Waals surface area (Å²) in [5, 5.41) is 11.4. The summed E-state index contributed by atoms with van der Waals surface area (Å²) in [6.45, 7) is 7.03. The second-order valence-electron chi connectivity index (χ2n) is 5.49. The van der Waals surface area contributed by atoms with Crippen molar-refractivity contribution in [2.24, 2.45) is 0 Å². The van der Waals surface area contributed by atoms with E-state index in [9.17, 15) is 4.79 Å². The van der Waals surface area contributed by atoms with E-state index in [2.05, 4.69) is 35.3 Å². The van der Waals surface area contributed by atoms with Gasteiger partial charge in [-0.1, -0.05) is 19.8 Å². The molecule has 0 aliphatic carbocycles. The Morgan fingerprint density at radius 1 is 1.35 bits per heavy atom. The lowest BCUT2D eigenvalue weighted by molar-refractivity contribution is 0.0950. The SMILES string of the molecule is C#CCn1cc(CNC(=O)c2cnn(C(CC)CC)c2C)cn1. The molecule has 0 saturated heterocycles. The van der Waals surface area contributed by atoms with Crippen LogP contribution in [0.5, 0.6) is 0 Å². The predicted molar refractivity (Wildman–Crippen MR) is 88.8 cm³/mol. The molecule has 23 heavy (non-hydrogen) atoms. The quantitative estimate of drug-likeness (QED) is 0.798. The van der Waals surface area contributed by atoms with Gasteiger partial charge in [0, 0.05) is 24.0 Å². The molecule has 0 radical (unpaired) electrons. The van der Waals surface area contributed by atoms with E-state index in [-0.39, 0.29) is 5.91 Å². The normalized spacial score (nSPS) is 10.7. The molecule has 2 rings (SSSR count). The zero-order valence-electron chi connectivity index (χ0n) is 13.9. The van der Waals surface area contributed by atoms with Crippen LogP contribution < -0.4 is 5.32 Å². The van der Waals surface area contributed by atoms with Crippen LogP contribution >= 0.6 is 0 Å². The summed E-state index contributed by atoms with van der Waals surface area (Å²) in [6, 6.07) is 0.332. The van der Waals surface area contributed by atoms with Crippen molar-refractivity contribution in [2.45, 2.75) is 52.7 Å². The van der Waals surface area contributed by atoms with Crippen LogP contribution in [-0.4, -0.2) is 25.5 Å². The van der Waals surface area contributed by atoms with Crippen LogP contribution in [0.4, 0.5) is 0 Å².